The molecule has 3 rings (SSSR count). The number of hydrogen-bond acceptors (Lipinski definition) is 3. The lowest BCUT2D eigenvalue weighted by molar-refractivity contribution is 0.317. The second kappa shape index (κ2) is 9.75. The first-order valence-corrected chi connectivity index (χ1v) is 9.86. The Kier molecular flexibility index (Phi) is 6.85. The number of furan rings is 1. The molecule has 3 nitrogen and oxygen atoms in total. The normalized spacial score (nSPS) is 12.4. The van der Waals surface area contributed by atoms with E-state index in [-0.39, 0.29) is 0 Å². The maximum atomic E-state index is 6.25. The summed E-state index contributed by atoms with van der Waals surface area (Å²) in [7, 11) is 0. The van der Waals surface area contributed by atoms with Gasteiger partial charge in [-0.05, 0) is 49.2 Å². The van der Waals surface area contributed by atoms with Crippen molar-refractivity contribution in [1.82, 2.24) is 4.98 Å². The molecule has 28 heavy (non-hydrogen) atoms. The minimum atomic E-state index is 0.723. The largest absolute Gasteiger partial charge is 0.494 e. The van der Waals surface area contributed by atoms with E-state index in [1.54, 1.807) is 6.20 Å². The second-order valence-electron chi connectivity index (χ2n) is 6.68. The zero-order valence-corrected chi connectivity index (χ0v) is 16.7. The van der Waals surface area contributed by atoms with Crippen LogP contribution in [0, 0.1) is 0 Å². The molecule has 0 atom stereocenters. The molecule has 0 aliphatic heterocycles. The van der Waals surface area contributed by atoms with Crippen molar-refractivity contribution in [3.8, 4) is 17.1 Å². The molecule has 0 fully saturated rings. The Morgan fingerprint density at radius 2 is 1.96 bits per heavy atom. The third-order valence-electron chi connectivity index (χ3n) is 4.38. The summed E-state index contributed by atoms with van der Waals surface area (Å²) >= 11 is 0. The van der Waals surface area contributed by atoms with Crippen LogP contribution in [0.25, 0.3) is 23.5 Å². The maximum Gasteiger partial charge on any atom is 0.142 e. The summed E-state index contributed by atoms with van der Waals surface area (Å²) in [5.41, 5.74) is 3.80. The van der Waals surface area contributed by atoms with Crippen LogP contribution in [0.2, 0.25) is 0 Å². The summed E-state index contributed by atoms with van der Waals surface area (Å²) in [4.78, 5) is 4.26. The van der Waals surface area contributed by atoms with Crippen molar-refractivity contribution >= 4 is 12.2 Å². The van der Waals surface area contributed by atoms with Crippen LogP contribution < -0.4 is 15.4 Å². The Hall–Kier alpha value is -3.07. The molecule has 0 spiro atoms. The molecule has 0 aliphatic rings. The smallest absolute Gasteiger partial charge is 0.142 e. The van der Waals surface area contributed by atoms with Gasteiger partial charge in [0, 0.05) is 34.3 Å². The highest BCUT2D eigenvalue weighted by atomic mass is 16.5. The molecule has 144 valence electrons. The van der Waals surface area contributed by atoms with Crippen molar-refractivity contribution in [1.29, 1.82) is 0 Å². The monoisotopic (exact) mass is 373 g/mol. The zero-order chi connectivity index (χ0) is 19.8. The maximum absolute atomic E-state index is 6.25. The Morgan fingerprint density at radius 1 is 1.14 bits per heavy atom. The molecule has 3 aromatic rings. The molecule has 2 aromatic heterocycles. The van der Waals surface area contributed by atoms with Crippen molar-refractivity contribution in [2.24, 2.45) is 0 Å². The quantitative estimate of drug-likeness (QED) is 0.551. The van der Waals surface area contributed by atoms with E-state index in [4.69, 9.17) is 9.15 Å². The summed E-state index contributed by atoms with van der Waals surface area (Å²) in [6.07, 6.45) is 11.0. The van der Waals surface area contributed by atoms with E-state index in [9.17, 15) is 0 Å². The lowest BCUT2D eigenvalue weighted by Gasteiger charge is -2.04. The lowest BCUT2D eigenvalue weighted by Crippen LogP contribution is -2.20. The molecule has 0 unspecified atom stereocenters. The van der Waals surface area contributed by atoms with E-state index in [0.717, 1.165) is 64.7 Å². The Morgan fingerprint density at radius 3 is 2.64 bits per heavy atom. The van der Waals surface area contributed by atoms with Gasteiger partial charge in [-0.15, -0.1) is 0 Å². The minimum Gasteiger partial charge on any atom is -0.494 e. The highest BCUT2D eigenvalue weighted by Gasteiger charge is 2.08. The van der Waals surface area contributed by atoms with E-state index >= 15 is 0 Å². The first kappa shape index (κ1) is 19.7. The van der Waals surface area contributed by atoms with Gasteiger partial charge in [0.1, 0.15) is 16.9 Å². The fourth-order valence-corrected chi connectivity index (χ4v) is 2.93. The number of pyridine rings is 1. The van der Waals surface area contributed by atoms with E-state index in [1.165, 1.54) is 0 Å². The molecule has 3 heteroatoms. The number of benzene rings is 1. The van der Waals surface area contributed by atoms with Crippen molar-refractivity contribution in [2.75, 3.05) is 6.61 Å². The van der Waals surface area contributed by atoms with Gasteiger partial charge in [-0.1, -0.05) is 45.1 Å². The van der Waals surface area contributed by atoms with Crippen LogP contribution >= 0.6 is 0 Å². The SMILES string of the molecule is C=c1cc(-c2ccc(OCCC)cc2)o/c1=C(/C=C\CCC)c1cccnc1. The molecule has 1 aromatic carbocycles. The van der Waals surface area contributed by atoms with Gasteiger partial charge in [0.25, 0.3) is 0 Å². The number of ether oxygens (including phenoxy) is 1. The standard InChI is InChI=1S/C25H27NO2/c1-4-6-7-10-23(21-9-8-15-26-18-21)25-19(3)17-24(28-25)20-11-13-22(14-12-20)27-16-5-2/h7-15,17-18H,3-6,16H2,1-2H3/b10-7-,25-23-. The summed E-state index contributed by atoms with van der Waals surface area (Å²) < 4.78 is 11.9. The van der Waals surface area contributed by atoms with Gasteiger partial charge in [0.05, 0.1) is 6.61 Å². The topological polar surface area (TPSA) is 35.3 Å². The number of aromatic nitrogens is 1. The Bertz CT molecular complexity index is 1010. The molecule has 0 aliphatic carbocycles. The Balaban J connectivity index is 2.03. The summed E-state index contributed by atoms with van der Waals surface area (Å²) in [5, 5.41) is 0.862. The molecular weight excluding hydrogens is 346 g/mol. The van der Waals surface area contributed by atoms with E-state index in [2.05, 4.69) is 37.6 Å². The highest BCUT2D eigenvalue weighted by Crippen LogP contribution is 2.21. The number of rotatable bonds is 8. The predicted octanol–water partition coefficient (Wildman–Crippen LogP) is 5.10. The van der Waals surface area contributed by atoms with Crippen LogP contribution in [0.3, 0.4) is 0 Å². The highest BCUT2D eigenvalue weighted by molar-refractivity contribution is 5.73. The molecule has 0 saturated heterocycles. The summed E-state index contributed by atoms with van der Waals surface area (Å²) in [6, 6.07) is 13.9. The number of allylic oxidation sites excluding steroid dienone is 2. The van der Waals surface area contributed by atoms with Gasteiger partial charge in [0.2, 0.25) is 0 Å². The number of nitrogens with zero attached hydrogens (tertiary/aromatic N) is 1. The second-order valence-corrected chi connectivity index (χ2v) is 6.68. The lowest BCUT2D eigenvalue weighted by atomic mass is 10.1. The fraction of sp³-hybridized carbons (Fsp3) is 0.240. The number of unbranched alkanes of at least 4 members (excludes halogenated alkanes) is 1. The number of hydrogen-bond donors (Lipinski definition) is 0. The molecule has 0 radical (unpaired) electrons. The molecule has 0 N–H and O–H groups in total. The van der Waals surface area contributed by atoms with E-state index in [0.29, 0.717) is 0 Å². The van der Waals surface area contributed by atoms with Crippen molar-refractivity contribution in [2.45, 2.75) is 33.1 Å². The van der Waals surface area contributed by atoms with Crippen molar-refractivity contribution < 1.29 is 9.15 Å². The van der Waals surface area contributed by atoms with Crippen LogP contribution in [0.1, 0.15) is 38.7 Å². The average Bonchev–Trinajstić information content (AvgIpc) is 3.12. The third kappa shape index (κ3) is 4.80. The van der Waals surface area contributed by atoms with Crippen LogP contribution in [-0.2, 0) is 0 Å². The molecule has 0 amide bonds. The third-order valence-corrected chi connectivity index (χ3v) is 4.38. The molecule has 2 heterocycles. The molecular formula is C25H27NO2. The van der Waals surface area contributed by atoms with Gasteiger partial charge in [-0.25, -0.2) is 0 Å². The van der Waals surface area contributed by atoms with Crippen molar-refractivity contribution in [3.05, 3.63) is 83.2 Å². The summed E-state index contributed by atoms with van der Waals surface area (Å²) in [5.74, 6) is 1.67. The minimum absolute atomic E-state index is 0.723. The summed E-state index contributed by atoms with van der Waals surface area (Å²) in [6.45, 7) is 9.19. The van der Waals surface area contributed by atoms with Crippen molar-refractivity contribution in [3.63, 3.8) is 0 Å². The van der Waals surface area contributed by atoms with Gasteiger partial charge < -0.3 is 9.15 Å². The Labute approximate surface area is 166 Å². The van der Waals surface area contributed by atoms with E-state index < -0.39 is 0 Å². The molecule has 0 saturated carbocycles. The van der Waals surface area contributed by atoms with Crippen LogP contribution in [0.4, 0.5) is 0 Å². The van der Waals surface area contributed by atoms with Gasteiger partial charge in [-0.2, -0.15) is 0 Å². The van der Waals surface area contributed by atoms with Gasteiger partial charge in [0.15, 0.2) is 0 Å². The zero-order valence-electron chi connectivity index (χ0n) is 16.7. The fourth-order valence-electron chi connectivity index (χ4n) is 2.93. The van der Waals surface area contributed by atoms with Crippen LogP contribution in [0.15, 0.2) is 71.4 Å². The van der Waals surface area contributed by atoms with Crippen LogP contribution in [-0.4, -0.2) is 11.6 Å². The van der Waals surface area contributed by atoms with Gasteiger partial charge in [-0.3, -0.25) is 4.98 Å². The van der Waals surface area contributed by atoms with E-state index in [1.807, 2.05) is 48.7 Å². The predicted molar refractivity (Wildman–Crippen MR) is 115 cm³/mol. The van der Waals surface area contributed by atoms with Crippen LogP contribution in [0.5, 0.6) is 5.75 Å². The molecule has 0 bridgehead atoms. The average molecular weight is 373 g/mol. The van der Waals surface area contributed by atoms with Gasteiger partial charge >= 0.3 is 0 Å². The first-order valence-electron chi connectivity index (χ1n) is 9.86. The first-order chi connectivity index (χ1) is 13.7.